The van der Waals surface area contributed by atoms with Crippen LogP contribution in [0, 0.1) is 6.92 Å². The summed E-state index contributed by atoms with van der Waals surface area (Å²) in [6, 6.07) is 5.51. The van der Waals surface area contributed by atoms with E-state index in [0.717, 1.165) is 17.9 Å². The number of halogens is 1. The molecule has 0 atom stereocenters. The molecule has 0 radical (unpaired) electrons. The Bertz CT molecular complexity index is 381. The van der Waals surface area contributed by atoms with Crippen LogP contribution in [0.5, 0.6) is 0 Å². The van der Waals surface area contributed by atoms with E-state index in [1.807, 2.05) is 25.3 Å². The highest BCUT2D eigenvalue weighted by molar-refractivity contribution is 7.98. The van der Waals surface area contributed by atoms with E-state index in [-0.39, 0.29) is 5.91 Å². The fraction of sp³-hybridized carbons (Fsp3) is 0.417. The molecule has 16 heavy (non-hydrogen) atoms. The van der Waals surface area contributed by atoms with Gasteiger partial charge in [-0.25, -0.2) is 0 Å². The monoisotopic (exact) mass is 257 g/mol. The Balaban J connectivity index is 2.83. The number of aryl methyl sites for hydroxylation is 1. The number of hydrogen-bond donors (Lipinski definition) is 0. The molecule has 0 heterocycles. The summed E-state index contributed by atoms with van der Waals surface area (Å²) in [6.07, 6.45) is 2.03. The summed E-state index contributed by atoms with van der Waals surface area (Å²) >= 11 is 7.74. The molecule has 1 rings (SSSR count). The van der Waals surface area contributed by atoms with Crippen LogP contribution >= 0.6 is 23.4 Å². The molecule has 0 aliphatic heterocycles. The number of benzene rings is 1. The summed E-state index contributed by atoms with van der Waals surface area (Å²) in [6.45, 7) is 2.69. The number of hydrogen-bond acceptors (Lipinski definition) is 2. The molecule has 88 valence electrons. The maximum absolute atomic E-state index is 12.1. The molecular weight excluding hydrogens is 242 g/mol. The smallest absolute Gasteiger partial charge is 0.255 e. The van der Waals surface area contributed by atoms with Crippen LogP contribution in [-0.2, 0) is 0 Å². The van der Waals surface area contributed by atoms with Gasteiger partial charge in [0.1, 0.15) is 0 Å². The second-order valence-electron chi connectivity index (χ2n) is 3.70. The summed E-state index contributed by atoms with van der Waals surface area (Å²) in [5.74, 6) is 0.925. The Labute approximate surface area is 106 Å². The summed E-state index contributed by atoms with van der Waals surface area (Å²) in [5.41, 5.74) is 1.64. The molecule has 1 amide bonds. The zero-order chi connectivity index (χ0) is 12.1. The molecule has 0 saturated carbocycles. The molecule has 0 fully saturated rings. The van der Waals surface area contributed by atoms with Crippen LogP contribution in [0.15, 0.2) is 18.2 Å². The Hall–Kier alpha value is -0.670. The molecule has 4 heteroatoms. The lowest BCUT2D eigenvalue weighted by Crippen LogP contribution is -2.29. The van der Waals surface area contributed by atoms with Crippen molar-refractivity contribution in [3.8, 4) is 0 Å². The second-order valence-corrected chi connectivity index (χ2v) is 5.10. The molecule has 0 aliphatic rings. The molecule has 0 unspecified atom stereocenters. The summed E-state index contributed by atoms with van der Waals surface area (Å²) in [7, 11) is 1.80. The number of thioether (sulfide) groups is 1. The second kappa shape index (κ2) is 6.16. The van der Waals surface area contributed by atoms with E-state index in [0.29, 0.717) is 10.6 Å². The van der Waals surface area contributed by atoms with Crippen LogP contribution in [0.4, 0.5) is 0 Å². The minimum Gasteiger partial charge on any atom is -0.341 e. The first-order valence-electron chi connectivity index (χ1n) is 5.07. The lowest BCUT2D eigenvalue weighted by molar-refractivity contribution is 0.0804. The van der Waals surface area contributed by atoms with Crippen LogP contribution in [0.25, 0.3) is 0 Å². The van der Waals surface area contributed by atoms with Gasteiger partial charge in [0, 0.05) is 19.3 Å². The highest BCUT2D eigenvalue weighted by Crippen LogP contribution is 2.18. The highest BCUT2D eigenvalue weighted by Gasteiger charge is 2.14. The lowest BCUT2D eigenvalue weighted by atomic mass is 10.1. The predicted octanol–water partition coefficient (Wildman–Crippen LogP) is 3.08. The number of carbonyl (C=O) groups excluding carboxylic acids is 1. The maximum atomic E-state index is 12.1. The SMILES string of the molecule is CSCCN(C)C(=O)c1cc(C)ccc1Cl. The van der Waals surface area contributed by atoms with Gasteiger partial charge in [-0.15, -0.1) is 0 Å². The number of nitrogens with zero attached hydrogens (tertiary/aromatic N) is 1. The van der Waals surface area contributed by atoms with Crippen molar-refractivity contribution < 1.29 is 4.79 Å². The van der Waals surface area contributed by atoms with Crippen molar-refractivity contribution in [2.24, 2.45) is 0 Å². The van der Waals surface area contributed by atoms with Gasteiger partial charge in [-0.2, -0.15) is 11.8 Å². The van der Waals surface area contributed by atoms with Crippen molar-refractivity contribution in [1.82, 2.24) is 4.90 Å². The Morgan fingerprint density at radius 2 is 2.19 bits per heavy atom. The van der Waals surface area contributed by atoms with Gasteiger partial charge < -0.3 is 4.90 Å². The average Bonchev–Trinajstić information content (AvgIpc) is 2.28. The standard InChI is InChI=1S/C12H16ClNOS/c1-9-4-5-11(13)10(8-9)12(15)14(2)6-7-16-3/h4-5,8H,6-7H2,1-3H3. The van der Waals surface area contributed by atoms with Gasteiger partial charge in [0.15, 0.2) is 0 Å². The van der Waals surface area contributed by atoms with Gasteiger partial charge in [-0.1, -0.05) is 23.2 Å². The Morgan fingerprint density at radius 3 is 2.81 bits per heavy atom. The van der Waals surface area contributed by atoms with E-state index in [4.69, 9.17) is 11.6 Å². The Morgan fingerprint density at radius 1 is 1.50 bits per heavy atom. The van der Waals surface area contributed by atoms with Gasteiger partial charge in [-0.05, 0) is 25.3 Å². The van der Waals surface area contributed by atoms with Crippen LogP contribution < -0.4 is 0 Å². The van der Waals surface area contributed by atoms with Gasteiger partial charge >= 0.3 is 0 Å². The van der Waals surface area contributed by atoms with Gasteiger partial charge in [0.05, 0.1) is 10.6 Å². The van der Waals surface area contributed by atoms with Gasteiger partial charge in [-0.3, -0.25) is 4.79 Å². The quantitative estimate of drug-likeness (QED) is 0.826. The predicted molar refractivity (Wildman–Crippen MR) is 71.5 cm³/mol. The van der Waals surface area contributed by atoms with Crippen LogP contribution in [0.2, 0.25) is 5.02 Å². The van der Waals surface area contributed by atoms with Crippen molar-refractivity contribution in [1.29, 1.82) is 0 Å². The molecular formula is C12H16ClNOS. The zero-order valence-corrected chi connectivity index (χ0v) is 11.4. The van der Waals surface area contributed by atoms with Crippen LogP contribution in [-0.4, -0.2) is 36.4 Å². The zero-order valence-electron chi connectivity index (χ0n) is 9.79. The lowest BCUT2D eigenvalue weighted by Gasteiger charge is -2.17. The third-order valence-corrected chi connectivity index (χ3v) is 3.25. The van der Waals surface area contributed by atoms with E-state index >= 15 is 0 Å². The fourth-order valence-electron chi connectivity index (χ4n) is 1.34. The molecule has 1 aromatic rings. The number of carbonyl (C=O) groups is 1. The van der Waals surface area contributed by atoms with E-state index in [9.17, 15) is 4.79 Å². The first-order valence-corrected chi connectivity index (χ1v) is 6.84. The van der Waals surface area contributed by atoms with E-state index in [1.165, 1.54) is 0 Å². The van der Waals surface area contributed by atoms with E-state index in [2.05, 4.69) is 0 Å². The minimum atomic E-state index is -0.0113. The maximum Gasteiger partial charge on any atom is 0.255 e. The highest BCUT2D eigenvalue weighted by atomic mass is 35.5. The number of amides is 1. The number of rotatable bonds is 4. The summed E-state index contributed by atoms with van der Waals surface area (Å²) in [4.78, 5) is 13.8. The molecule has 0 bridgehead atoms. The third kappa shape index (κ3) is 3.42. The molecule has 2 nitrogen and oxygen atoms in total. The van der Waals surface area contributed by atoms with Crippen molar-refractivity contribution in [2.75, 3.05) is 25.6 Å². The van der Waals surface area contributed by atoms with E-state index in [1.54, 1.807) is 29.8 Å². The largest absolute Gasteiger partial charge is 0.341 e. The minimum absolute atomic E-state index is 0.0113. The van der Waals surface area contributed by atoms with Crippen molar-refractivity contribution in [2.45, 2.75) is 6.92 Å². The molecule has 0 aliphatic carbocycles. The molecule has 1 aromatic carbocycles. The fourth-order valence-corrected chi connectivity index (χ4v) is 1.99. The van der Waals surface area contributed by atoms with Crippen molar-refractivity contribution in [3.63, 3.8) is 0 Å². The third-order valence-electron chi connectivity index (χ3n) is 2.33. The van der Waals surface area contributed by atoms with Crippen molar-refractivity contribution in [3.05, 3.63) is 34.3 Å². The molecule has 0 N–H and O–H groups in total. The average molecular weight is 258 g/mol. The molecule has 0 aromatic heterocycles. The topological polar surface area (TPSA) is 20.3 Å². The normalized spacial score (nSPS) is 10.2. The van der Waals surface area contributed by atoms with E-state index < -0.39 is 0 Å². The van der Waals surface area contributed by atoms with Crippen molar-refractivity contribution >= 4 is 29.3 Å². The van der Waals surface area contributed by atoms with Crippen LogP contribution in [0.1, 0.15) is 15.9 Å². The molecule has 0 spiro atoms. The first-order chi connectivity index (χ1) is 7.56. The van der Waals surface area contributed by atoms with Crippen LogP contribution in [0.3, 0.4) is 0 Å². The first kappa shape index (κ1) is 13.4. The van der Waals surface area contributed by atoms with Gasteiger partial charge in [0.2, 0.25) is 0 Å². The summed E-state index contributed by atoms with van der Waals surface area (Å²) < 4.78 is 0. The summed E-state index contributed by atoms with van der Waals surface area (Å²) in [5, 5.41) is 0.520. The Kier molecular flexibility index (Phi) is 5.16. The molecule has 0 saturated heterocycles. The van der Waals surface area contributed by atoms with Gasteiger partial charge in [0.25, 0.3) is 5.91 Å².